The zero-order valence-electron chi connectivity index (χ0n) is 13.7. The van der Waals surface area contributed by atoms with Crippen LogP contribution in [0.3, 0.4) is 0 Å². The summed E-state index contributed by atoms with van der Waals surface area (Å²) in [4.78, 5) is 4.96. The monoisotopic (exact) mass is 349 g/mol. The van der Waals surface area contributed by atoms with Crippen molar-refractivity contribution < 1.29 is 13.2 Å². The molecule has 3 heterocycles. The van der Waals surface area contributed by atoms with E-state index in [2.05, 4.69) is 14.2 Å². The van der Waals surface area contributed by atoms with Gasteiger partial charge >= 0.3 is 0 Å². The van der Waals surface area contributed by atoms with Gasteiger partial charge in [0.25, 0.3) is 10.0 Å². The molecule has 2 fully saturated rings. The molecule has 0 aromatic heterocycles. The standard InChI is InChI=1S/C17H23N3O3S/c21-24(22)16-4-2-1-3-15(16)17(18-24)20-7-5-14(6-8-20)13-19-9-11-23-12-10-19/h1-4,14H,5-13H2. The van der Waals surface area contributed by atoms with Gasteiger partial charge in [0, 0.05) is 38.3 Å². The number of piperidine rings is 1. The number of rotatable bonds is 2. The Kier molecular flexibility index (Phi) is 4.32. The Morgan fingerprint density at radius 1 is 1.08 bits per heavy atom. The van der Waals surface area contributed by atoms with E-state index >= 15 is 0 Å². The molecule has 0 atom stereocenters. The number of hydrogen-bond donors (Lipinski definition) is 0. The average molecular weight is 349 g/mol. The van der Waals surface area contributed by atoms with Gasteiger partial charge in [-0.25, -0.2) is 0 Å². The predicted molar refractivity (Wildman–Crippen MR) is 91.7 cm³/mol. The first-order chi connectivity index (χ1) is 11.6. The number of hydrogen-bond acceptors (Lipinski definition) is 5. The second-order valence-corrected chi connectivity index (χ2v) is 8.30. The van der Waals surface area contributed by atoms with Crippen LogP contribution in [0.15, 0.2) is 33.6 Å². The Labute approximate surface area is 143 Å². The molecular formula is C17H23N3O3S. The van der Waals surface area contributed by atoms with Crippen LogP contribution in [-0.4, -0.2) is 70.0 Å². The Hall–Kier alpha value is -1.44. The Morgan fingerprint density at radius 3 is 2.54 bits per heavy atom. The van der Waals surface area contributed by atoms with Crippen LogP contribution in [0.4, 0.5) is 0 Å². The first-order valence-corrected chi connectivity index (χ1v) is 10.1. The van der Waals surface area contributed by atoms with E-state index in [9.17, 15) is 8.42 Å². The topological polar surface area (TPSA) is 62.2 Å². The second-order valence-electron chi connectivity index (χ2n) is 6.73. The van der Waals surface area contributed by atoms with Gasteiger partial charge in [0.2, 0.25) is 0 Å². The summed E-state index contributed by atoms with van der Waals surface area (Å²) < 4.78 is 33.8. The minimum Gasteiger partial charge on any atom is -0.379 e. The van der Waals surface area contributed by atoms with Gasteiger partial charge in [0.15, 0.2) is 5.84 Å². The summed E-state index contributed by atoms with van der Waals surface area (Å²) in [7, 11) is -3.52. The smallest absolute Gasteiger partial charge is 0.285 e. The molecular weight excluding hydrogens is 326 g/mol. The maximum atomic E-state index is 12.2. The number of likely N-dealkylation sites (tertiary alicyclic amines) is 1. The third-order valence-electron chi connectivity index (χ3n) is 5.15. The Bertz CT molecular complexity index is 733. The van der Waals surface area contributed by atoms with Crippen molar-refractivity contribution >= 4 is 15.9 Å². The molecule has 3 aliphatic rings. The maximum Gasteiger partial charge on any atom is 0.285 e. The molecule has 3 aliphatic heterocycles. The molecule has 2 saturated heterocycles. The summed E-state index contributed by atoms with van der Waals surface area (Å²) in [6, 6.07) is 7.13. The van der Waals surface area contributed by atoms with Crippen LogP contribution < -0.4 is 0 Å². The summed E-state index contributed by atoms with van der Waals surface area (Å²) in [5, 5.41) is 0. The van der Waals surface area contributed by atoms with Crippen molar-refractivity contribution in [1.82, 2.24) is 9.80 Å². The van der Waals surface area contributed by atoms with Crippen LogP contribution in [0.5, 0.6) is 0 Å². The lowest BCUT2D eigenvalue weighted by atomic mass is 9.95. The number of nitrogens with zero attached hydrogens (tertiary/aromatic N) is 3. The minimum absolute atomic E-state index is 0.343. The zero-order valence-corrected chi connectivity index (χ0v) is 14.5. The summed E-state index contributed by atoms with van der Waals surface area (Å²) in [6.45, 7) is 6.60. The number of benzene rings is 1. The molecule has 4 rings (SSSR count). The number of morpholine rings is 1. The lowest BCUT2D eigenvalue weighted by molar-refractivity contribution is 0.0266. The fraction of sp³-hybridized carbons (Fsp3) is 0.588. The normalized spacial score (nSPS) is 24.7. The van der Waals surface area contributed by atoms with E-state index in [0.29, 0.717) is 16.6 Å². The van der Waals surface area contributed by atoms with Gasteiger partial charge in [-0.1, -0.05) is 12.1 Å². The van der Waals surface area contributed by atoms with Crippen LogP contribution in [0, 0.1) is 5.92 Å². The van der Waals surface area contributed by atoms with Crippen molar-refractivity contribution in [2.75, 3.05) is 45.9 Å². The molecule has 0 radical (unpaired) electrons. The van der Waals surface area contributed by atoms with Crippen LogP contribution >= 0.6 is 0 Å². The van der Waals surface area contributed by atoms with Crippen LogP contribution in [-0.2, 0) is 14.8 Å². The molecule has 130 valence electrons. The molecule has 0 aliphatic carbocycles. The van der Waals surface area contributed by atoms with Gasteiger partial charge in [-0.05, 0) is 30.9 Å². The van der Waals surface area contributed by atoms with E-state index in [0.717, 1.165) is 64.3 Å². The molecule has 24 heavy (non-hydrogen) atoms. The first-order valence-electron chi connectivity index (χ1n) is 8.63. The van der Waals surface area contributed by atoms with Crippen molar-refractivity contribution in [3.05, 3.63) is 29.8 Å². The third kappa shape index (κ3) is 3.08. The van der Waals surface area contributed by atoms with Gasteiger partial charge in [-0.2, -0.15) is 8.42 Å². The zero-order chi connectivity index (χ0) is 16.6. The lowest BCUT2D eigenvalue weighted by Crippen LogP contribution is -2.44. The largest absolute Gasteiger partial charge is 0.379 e. The molecule has 0 unspecified atom stereocenters. The van der Waals surface area contributed by atoms with Crippen molar-refractivity contribution in [3.63, 3.8) is 0 Å². The van der Waals surface area contributed by atoms with E-state index in [1.165, 1.54) is 0 Å². The SMILES string of the molecule is O=S1(=O)N=C(N2CCC(CN3CCOCC3)CC2)c2ccccc21. The van der Waals surface area contributed by atoms with Crippen molar-refractivity contribution in [1.29, 1.82) is 0 Å². The van der Waals surface area contributed by atoms with E-state index in [4.69, 9.17) is 4.74 Å². The van der Waals surface area contributed by atoms with E-state index in [1.54, 1.807) is 12.1 Å². The molecule has 0 saturated carbocycles. The molecule has 0 N–H and O–H groups in total. The lowest BCUT2D eigenvalue weighted by Gasteiger charge is -2.36. The number of ether oxygens (including phenoxy) is 1. The van der Waals surface area contributed by atoms with E-state index in [1.807, 2.05) is 12.1 Å². The predicted octanol–water partition coefficient (Wildman–Crippen LogP) is 1.18. The Balaban J connectivity index is 1.41. The van der Waals surface area contributed by atoms with E-state index in [-0.39, 0.29) is 0 Å². The number of fused-ring (bicyclic) bond motifs is 1. The number of amidine groups is 1. The van der Waals surface area contributed by atoms with Gasteiger partial charge in [0.05, 0.1) is 13.2 Å². The second kappa shape index (κ2) is 6.46. The first kappa shape index (κ1) is 16.1. The highest BCUT2D eigenvalue weighted by Gasteiger charge is 2.33. The summed E-state index contributed by atoms with van der Waals surface area (Å²) in [6.07, 6.45) is 2.16. The molecule has 7 heteroatoms. The van der Waals surface area contributed by atoms with Gasteiger partial charge in [0.1, 0.15) is 4.90 Å². The average Bonchev–Trinajstić information content (AvgIpc) is 2.88. The van der Waals surface area contributed by atoms with Gasteiger partial charge in [-0.3, -0.25) is 4.90 Å². The quantitative estimate of drug-likeness (QED) is 0.802. The third-order valence-corrected chi connectivity index (χ3v) is 6.47. The van der Waals surface area contributed by atoms with Crippen LogP contribution in [0.2, 0.25) is 0 Å². The molecule has 0 bridgehead atoms. The summed E-state index contributed by atoms with van der Waals surface area (Å²) in [5.41, 5.74) is 0.754. The minimum atomic E-state index is -3.52. The maximum absolute atomic E-state index is 12.2. The summed E-state index contributed by atoms with van der Waals surface area (Å²) in [5.74, 6) is 1.31. The number of sulfonamides is 1. The van der Waals surface area contributed by atoms with Crippen LogP contribution in [0.25, 0.3) is 0 Å². The van der Waals surface area contributed by atoms with E-state index < -0.39 is 10.0 Å². The van der Waals surface area contributed by atoms with Crippen molar-refractivity contribution in [2.24, 2.45) is 10.3 Å². The highest BCUT2D eigenvalue weighted by Crippen LogP contribution is 2.29. The van der Waals surface area contributed by atoms with Crippen molar-refractivity contribution in [2.45, 2.75) is 17.7 Å². The van der Waals surface area contributed by atoms with Gasteiger partial charge in [-0.15, -0.1) is 4.40 Å². The fourth-order valence-corrected chi connectivity index (χ4v) is 5.02. The molecule has 1 aromatic rings. The highest BCUT2D eigenvalue weighted by molar-refractivity contribution is 7.90. The molecule has 0 amide bonds. The molecule has 0 spiro atoms. The van der Waals surface area contributed by atoms with Crippen LogP contribution in [0.1, 0.15) is 18.4 Å². The van der Waals surface area contributed by atoms with Crippen molar-refractivity contribution in [3.8, 4) is 0 Å². The molecule has 6 nitrogen and oxygen atoms in total. The van der Waals surface area contributed by atoms with Gasteiger partial charge < -0.3 is 9.64 Å². The Morgan fingerprint density at radius 2 is 1.79 bits per heavy atom. The molecule has 1 aromatic carbocycles. The highest BCUT2D eigenvalue weighted by atomic mass is 32.2. The fourth-order valence-electron chi connectivity index (χ4n) is 3.79. The summed E-state index contributed by atoms with van der Waals surface area (Å²) >= 11 is 0.